The summed E-state index contributed by atoms with van der Waals surface area (Å²) in [7, 11) is 1.67. The molecule has 2 N–H and O–H groups in total. The van der Waals surface area contributed by atoms with Crippen molar-refractivity contribution in [3.63, 3.8) is 0 Å². The van der Waals surface area contributed by atoms with E-state index in [1.165, 1.54) is 11.3 Å². The third-order valence-electron chi connectivity index (χ3n) is 4.61. The van der Waals surface area contributed by atoms with E-state index in [2.05, 4.69) is 23.3 Å². The van der Waals surface area contributed by atoms with Crippen LogP contribution < -0.4 is 15.4 Å². The lowest BCUT2D eigenvalue weighted by molar-refractivity contribution is 0.0934. The summed E-state index contributed by atoms with van der Waals surface area (Å²) in [5.74, 6) is 0.833. The summed E-state index contributed by atoms with van der Waals surface area (Å²) in [6, 6.07) is 6.08. The number of amides is 1. The number of aryl methyl sites for hydroxylation is 1. The van der Waals surface area contributed by atoms with Gasteiger partial charge in [0.15, 0.2) is 0 Å². The fourth-order valence-corrected chi connectivity index (χ4v) is 3.94. The van der Waals surface area contributed by atoms with Crippen LogP contribution >= 0.6 is 11.3 Å². The van der Waals surface area contributed by atoms with Gasteiger partial charge in [0.25, 0.3) is 5.91 Å². The molecule has 5 heteroatoms. The zero-order valence-corrected chi connectivity index (χ0v) is 20.5. The van der Waals surface area contributed by atoms with Gasteiger partial charge in [-0.3, -0.25) is 4.79 Å². The number of hydrogen-bond acceptors (Lipinski definition) is 4. The van der Waals surface area contributed by atoms with E-state index in [1.807, 2.05) is 67.5 Å². The first-order valence-corrected chi connectivity index (χ1v) is 11.6. The van der Waals surface area contributed by atoms with Gasteiger partial charge >= 0.3 is 0 Å². The van der Waals surface area contributed by atoms with Gasteiger partial charge in [-0.2, -0.15) is 0 Å². The van der Waals surface area contributed by atoms with E-state index in [9.17, 15) is 4.79 Å². The molecule has 164 valence electrons. The first kappa shape index (κ1) is 27.0. The lowest BCUT2D eigenvalue weighted by Gasteiger charge is -2.24. The van der Waals surface area contributed by atoms with Crippen molar-refractivity contribution in [1.82, 2.24) is 10.6 Å². The Morgan fingerprint density at radius 3 is 2.24 bits per heavy atom. The van der Waals surface area contributed by atoms with Crippen LogP contribution in [0, 0.1) is 6.92 Å². The second-order valence-corrected chi connectivity index (χ2v) is 7.25. The van der Waals surface area contributed by atoms with E-state index >= 15 is 0 Å². The minimum Gasteiger partial charge on any atom is -0.496 e. The molecule has 0 spiro atoms. The zero-order valence-electron chi connectivity index (χ0n) is 19.7. The van der Waals surface area contributed by atoms with Gasteiger partial charge in [0, 0.05) is 10.7 Å². The van der Waals surface area contributed by atoms with Gasteiger partial charge in [-0.25, -0.2) is 0 Å². The zero-order chi connectivity index (χ0) is 22.6. The van der Waals surface area contributed by atoms with Crippen LogP contribution in [0.3, 0.4) is 0 Å². The number of ether oxygens (including phenoxy) is 1. The first-order valence-electron chi connectivity index (χ1n) is 10.8. The molecule has 2 aromatic rings. The largest absolute Gasteiger partial charge is 0.496 e. The van der Waals surface area contributed by atoms with E-state index in [1.54, 1.807) is 13.3 Å². The predicted molar refractivity (Wildman–Crippen MR) is 129 cm³/mol. The molecule has 1 heterocycles. The molecular weight excluding hydrogens is 380 g/mol. The number of nitrogens with one attached hydrogen (secondary N) is 2. The molecule has 1 atom stereocenters. The second kappa shape index (κ2) is 13.3. The molecule has 1 aliphatic rings. The Morgan fingerprint density at radius 2 is 1.76 bits per heavy atom. The van der Waals surface area contributed by atoms with Crippen molar-refractivity contribution in [3.8, 4) is 5.75 Å². The maximum Gasteiger partial charge on any atom is 0.261 e. The van der Waals surface area contributed by atoms with Gasteiger partial charge in [-0.15, -0.1) is 11.3 Å². The van der Waals surface area contributed by atoms with Crippen LogP contribution in [0.5, 0.6) is 5.75 Å². The SMILES string of the molecule is C=CNC1(C(C)NC(=O)c2cc3cc(C)c(OC)cc3s2)CC1.CC.CC.CC. The lowest BCUT2D eigenvalue weighted by atomic mass is 10.1. The molecule has 0 aliphatic heterocycles. The normalized spacial score (nSPS) is 13.8. The Hall–Kier alpha value is -2.01. The third kappa shape index (κ3) is 6.77. The van der Waals surface area contributed by atoms with Crippen molar-refractivity contribution in [1.29, 1.82) is 0 Å². The van der Waals surface area contributed by atoms with Gasteiger partial charge in [0.05, 0.1) is 17.5 Å². The van der Waals surface area contributed by atoms with Crippen molar-refractivity contribution >= 4 is 27.3 Å². The van der Waals surface area contributed by atoms with E-state index in [-0.39, 0.29) is 17.5 Å². The Labute approximate surface area is 181 Å². The first-order chi connectivity index (χ1) is 14.0. The summed E-state index contributed by atoms with van der Waals surface area (Å²) in [4.78, 5) is 13.3. The number of hydrogen-bond donors (Lipinski definition) is 2. The van der Waals surface area contributed by atoms with Crippen molar-refractivity contribution in [2.75, 3.05) is 7.11 Å². The van der Waals surface area contributed by atoms with Crippen LogP contribution in [0.25, 0.3) is 10.1 Å². The number of fused-ring (bicyclic) bond motifs is 1. The smallest absolute Gasteiger partial charge is 0.261 e. The highest BCUT2D eigenvalue weighted by molar-refractivity contribution is 7.20. The standard InChI is InChI=1S/C18H22N2O2S.3C2H6/c1-5-19-18(6-7-18)12(3)20-17(21)16-9-13-8-11(2)14(22-4)10-15(13)23-16;3*1-2/h5,8-10,12,19H,1,6-7H2,2-4H3,(H,20,21);3*1-2H3. The van der Waals surface area contributed by atoms with Crippen LogP contribution in [0.4, 0.5) is 0 Å². The van der Waals surface area contributed by atoms with Gasteiger partial charge in [-0.05, 0) is 62.0 Å². The van der Waals surface area contributed by atoms with Gasteiger partial charge in [0.1, 0.15) is 5.75 Å². The highest BCUT2D eigenvalue weighted by Crippen LogP contribution is 2.39. The van der Waals surface area contributed by atoms with Crippen molar-refractivity contribution in [2.45, 2.75) is 79.8 Å². The topological polar surface area (TPSA) is 50.4 Å². The van der Waals surface area contributed by atoms with Crippen molar-refractivity contribution < 1.29 is 9.53 Å². The summed E-state index contributed by atoms with van der Waals surface area (Å²) >= 11 is 1.50. The number of carbonyl (C=O) groups is 1. The minimum atomic E-state index is -0.0209. The third-order valence-corrected chi connectivity index (χ3v) is 5.71. The van der Waals surface area contributed by atoms with E-state index in [0.29, 0.717) is 0 Å². The molecule has 1 aliphatic carbocycles. The van der Waals surface area contributed by atoms with Crippen molar-refractivity contribution in [3.05, 3.63) is 41.4 Å². The Morgan fingerprint density at radius 1 is 1.17 bits per heavy atom. The molecule has 1 aromatic heterocycles. The summed E-state index contributed by atoms with van der Waals surface area (Å²) < 4.78 is 6.42. The maximum atomic E-state index is 12.6. The van der Waals surface area contributed by atoms with Gasteiger partial charge < -0.3 is 15.4 Å². The van der Waals surface area contributed by atoms with Crippen LogP contribution in [-0.4, -0.2) is 24.6 Å². The maximum absolute atomic E-state index is 12.6. The number of methoxy groups -OCH3 is 1. The summed E-state index contributed by atoms with van der Waals surface area (Å²) in [6.07, 6.45) is 3.83. The van der Waals surface area contributed by atoms with E-state index < -0.39 is 0 Å². The molecule has 0 radical (unpaired) electrons. The second-order valence-electron chi connectivity index (χ2n) is 6.17. The van der Waals surface area contributed by atoms with Crippen LogP contribution in [0.1, 0.15) is 76.5 Å². The van der Waals surface area contributed by atoms with Gasteiger partial charge in [-0.1, -0.05) is 48.1 Å². The minimum absolute atomic E-state index is 0.0199. The fourth-order valence-electron chi connectivity index (χ4n) is 2.96. The number of thiophene rings is 1. The molecule has 29 heavy (non-hydrogen) atoms. The summed E-state index contributed by atoms with van der Waals surface area (Å²) in [5.41, 5.74) is 1.05. The summed E-state index contributed by atoms with van der Waals surface area (Å²) in [5, 5.41) is 7.47. The molecular formula is C24H40N2O2S. The predicted octanol–water partition coefficient (Wildman–Crippen LogP) is 6.68. The average Bonchev–Trinajstić information content (AvgIpc) is 3.43. The van der Waals surface area contributed by atoms with Gasteiger partial charge in [0.2, 0.25) is 0 Å². The number of rotatable bonds is 6. The van der Waals surface area contributed by atoms with Crippen LogP contribution in [0.15, 0.2) is 31.0 Å². The molecule has 1 unspecified atom stereocenters. The van der Waals surface area contributed by atoms with Crippen LogP contribution in [-0.2, 0) is 0 Å². The number of carbonyl (C=O) groups excluding carboxylic acids is 1. The fraction of sp³-hybridized carbons (Fsp3) is 0.542. The Bertz CT molecular complexity index is 764. The molecule has 3 rings (SSSR count). The highest BCUT2D eigenvalue weighted by Gasteiger charge is 2.47. The monoisotopic (exact) mass is 420 g/mol. The Balaban J connectivity index is 0.00000120. The lowest BCUT2D eigenvalue weighted by Crippen LogP contribution is -2.48. The van der Waals surface area contributed by atoms with E-state index in [4.69, 9.17) is 4.74 Å². The molecule has 4 nitrogen and oxygen atoms in total. The molecule has 1 fully saturated rings. The molecule has 1 saturated carbocycles. The quantitative estimate of drug-likeness (QED) is 0.548. The van der Waals surface area contributed by atoms with Crippen molar-refractivity contribution in [2.24, 2.45) is 0 Å². The average molecular weight is 421 g/mol. The summed E-state index contributed by atoms with van der Waals surface area (Å²) in [6.45, 7) is 19.8. The Kier molecular flexibility index (Phi) is 12.3. The molecule has 0 saturated heterocycles. The van der Waals surface area contributed by atoms with Crippen LogP contribution in [0.2, 0.25) is 0 Å². The highest BCUT2D eigenvalue weighted by atomic mass is 32.1. The van der Waals surface area contributed by atoms with E-state index in [0.717, 1.165) is 39.1 Å². The molecule has 0 bridgehead atoms. The molecule has 1 amide bonds. The molecule has 1 aromatic carbocycles. The number of benzene rings is 1.